The monoisotopic (exact) mass is 421 g/mol. The summed E-state index contributed by atoms with van der Waals surface area (Å²) in [6.45, 7) is -2.83. The molecule has 2 aromatic carbocycles. The predicted octanol–water partition coefficient (Wildman–Crippen LogP) is 4.18. The lowest BCUT2D eigenvalue weighted by molar-refractivity contribution is -0.0498. The Morgan fingerprint density at radius 3 is 2.46 bits per heavy atom. The maximum atomic E-state index is 12.3. The van der Waals surface area contributed by atoms with Crippen molar-refractivity contribution >= 4 is 21.9 Å². The number of tetrazole rings is 1. The summed E-state index contributed by atoms with van der Waals surface area (Å²) in [4.78, 5) is 0. The number of fused-ring (bicyclic) bond motifs is 1. The van der Waals surface area contributed by atoms with E-state index < -0.39 is 6.61 Å². The Labute approximate surface area is 156 Å². The van der Waals surface area contributed by atoms with E-state index in [-0.39, 0.29) is 17.8 Å². The van der Waals surface area contributed by atoms with Crippen LogP contribution in [-0.2, 0) is 0 Å². The van der Waals surface area contributed by atoms with E-state index in [2.05, 4.69) is 41.5 Å². The number of nitrogens with one attached hydrogen (secondary N) is 1. The number of alkyl halides is 2. The lowest BCUT2D eigenvalue weighted by atomic mass is 9.93. The summed E-state index contributed by atoms with van der Waals surface area (Å²) in [6, 6.07) is 14.6. The first-order valence-corrected chi connectivity index (χ1v) is 8.74. The second-order valence-corrected chi connectivity index (χ2v) is 6.81. The van der Waals surface area contributed by atoms with Crippen LogP contribution in [0.25, 0.3) is 0 Å². The third-order valence-corrected chi connectivity index (χ3v) is 4.84. The molecule has 1 aromatic heterocycles. The summed E-state index contributed by atoms with van der Waals surface area (Å²) in [5.74, 6) is 0.705. The summed E-state index contributed by atoms with van der Waals surface area (Å²) in [5, 5.41) is 15.2. The largest absolute Gasteiger partial charge is 0.435 e. The molecule has 0 radical (unpaired) electrons. The van der Waals surface area contributed by atoms with E-state index in [1.54, 1.807) is 16.8 Å². The molecule has 0 amide bonds. The number of hydrogen-bond acceptors (Lipinski definition) is 5. The van der Waals surface area contributed by atoms with E-state index in [9.17, 15) is 8.78 Å². The molecule has 0 unspecified atom stereocenters. The molecule has 0 saturated carbocycles. The van der Waals surface area contributed by atoms with Gasteiger partial charge in [0.2, 0.25) is 5.95 Å². The Morgan fingerprint density at radius 1 is 1.08 bits per heavy atom. The Morgan fingerprint density at radius 2 is 1.77 bits per heavy atom. The molecule has 0 saturated heterocycles. The molecule has 0 fully saturated rings. The molecule has 0 spiro atoms. The lowest BCUT2D eigenvalue weighted by Crippen LogP contribution is -2.28. The first kappa shape index (κ1) is 16.9. The van der Waals surface area contributed by atoms with Crippen molar-refractivity contribution in [2.24, 2.45) is 0 Å². The molecule has 1 N–H and O–H groups in total. The quantitative estimate of drug-likeness (QED) is 0.684. The minimum Gasteiger partial charge on any atom is -0.435 e. The van der Waals surface area contributed by atoms with Gasteiger partial charge in [0.05, 0.1) is 12.1 Å². The molecule has 3 aromatic rings. The molecule has 2 atom stereocenters. The van der Waals surface area contributed by atoms with Gasteiger partial charge >= 0.3 is 6.61 Å². The minimum absolute atomic E-state index is 0.0312. The number of hydrogen-bond donors (Lipinski definition) is 1. The molecule has 0 bridgehead atoms. The number of rotatable bonds is 4. The van der Waals surface area contributed by atoms with Crippen LogP contribution in [0.1, 0.15) is 29.6 Å². The van der Waals surface area contributed by atoms with E-state index in [1.807, 2.05) is 24.3 Å². The first-order chi connectivity index (χ1) is 12.6. The van der Waals surface area contributed by atoms with Gasteiger partial charge in [-0.25, -0.2) is 4.68 Å². The summed E-state index contributed by atoms with van der Waals surface area (Å²) >= 11 is 3.44. The Bertz CT molecular complexity index is 885. The normalized spacial score (nSPS) is 19.1. The van der Waals surface area contributed by atoms with Gasteiger partial charge in [-0.2, -0.15) is 8.78 Å². The molecule has 6 nitrogen and oxygen atoms in total. The van der Waals surface area contributed by atoms with Gasteiger partial charge in [0.1, 0.15) is 5.75 Å². The Kier molecular flexibility index (Phi) is 4.54. The third kappa shape index (κ3) is 3.39. The molecule has 1 aliphatic rings. The van der Waals surface area contributed by atoms with Crippen molar-refractivity contribution < 1.29 is 13.5 Å². The number of halogens is 3. The summed E-state index contributed by atoms with van der Waals surface area (Å²) in [7, 11) is 0. The maximum absolute atomic E-state index is 12.3. The highest BCUT2D eigenvalue weighted by atomic mass is 79.9. The van der Waals surface area contributed by atoms with E-state index >= 15 is 0 Å². The van der Waals surface area contributed by atoms with Crippen LogP contribution in [0.3, 0.4) is 0 Å². The van der Waals surface area contributed by atoms with E-state index in [0.29, 0.717) is 12.4 Å². The van der Waals surface area contributed by atoms with Crippen molar-refractivity contribution in [1.82, 2.24) is 20.2 Å². The van der Waals surface area contributed by atoms with E-state index in [0.717, 1.165) is 15.6 Å². The zero-order valence-corrected chi connectivity index (χ0v) is 15.0. The smallest absolute Gasteiger partial charge is 0.387 e. The van der Waals surface area contributed by atoms with Gasteiger partial charge < -0.3 is 10.1 Å². The van der Waals surface area contributed by atoms with Crippen molar-refractivity contribution in [2.45, 2.75) is 25.1 Å². The van der Waals surface area contributed by atoms with Gasteiger partial charge in [0.25, 0.3) is 0 Å². The van der Waals surface area contributed by atoms with Crippen LogP contribution in [0.4, 0.5) is 14.7 Å². The number of nitrogens with zero attached hydrogens (tertiary/aromatic N) is 4. The minimum atomic E-state index is -2.83. The topological polar surface area (TPSA) is 64.9 Å². The number of benzene rings is 2. The standard InChI is InChI=1S/C17H14BrF2N5O/c18-12-5-1-11(2-6-12)15-9-14(21-17-22-23-24-25(15)17)10-3-7-13(8-4-10)26-16(19)20/h1-8,14-16H,9H2,(H,21,22,24)/t14-,15-/m1/s1. The van der Waals surface area contributed by atoms with Crippen molar-refractivity contribution in [3.8, 4) is 5.75 Å². The van der Waals surface area contributed by atoms with Gasteiger partial charge in [-0.05, 0) is 52.2 Å². The highest BCUT2D eigenvalue weighted by Crippen LogP contribution is 2.37. The fourth-order valence-corrected chi connectivity index (χ4v) is 3.36. The van der Waals surface area contributed by atoms with Crippen molar-refractivity contribution in [2.75, 3.05) is 5.32 Å². The van der Waals surface area contributed by atoms with E-state index in [4.69, 9.17) is 0 Å². The number of ether oxygens (including phenoxy) is 1. The number of anilines is 1. The highest BCUT2D eigenvalue weighted by Gasteiger charge is 2.30. The molecule has 9 heteroatoms. The average molecular weight is 422 g/mol. The predicted molar refractivity (Wildman–Crippen MR) is 94.2 cm³/mol. The molecule has 134 valence electrons. The molecule has 4 rings (SSSR count). The van der Waals surface area contributed by atoms with Crippen LogP contribution in [-0.4, -0.2) is 26.8 Å². The maximum Gasteiger partial charge on any atom is 0.387 e. The third-order valence-electron chi connectivity index (χ3n) is 4.31. The summed E-state index contributed by atoms with van der Waals surface area (Å²) in [5.41, 5.74) is 2.04. The molecule has 1 aliphatic heterocycles. The molecular formula is C17H14BrF2N5O. The summed E-state index contributed by atoms with van der Waals surface area (Å²) in [6.07, 6.45) is 0.717. The summed E-state index contributed by atoms with van der Waals surface area (Å²) < 4.78 is 31.8. The average Bonchev–Trinajstić information content (AvgIpc) is 3.10. The van der Waals surface area contributed by atoms with Gasteiger partial charge in [-0.1, -0.05) is 45.3 Å². The van der Waals surface area contributed by atoms with Crippen LogP contribution in [0.5, 0.6) is 5.75 Å². The van der Waals surface area contributed by atoms with Gasteiger partial charge in [-0.15, -0.1) is 0 Å². The second-order valence-electron chi connectivity index (χ2n) is 5.89. The van der Waals surface area contributed by atoms with Crippen molar-refractivity contribution in [3.63, 3.8) is 0 Å². The SMILES string of the molecule is FC(F)Oc1ccc([C@H]2C[C@H](c3ccc(Br)cc3)n3nnnc3N2)cc1. The Hall–Kier alpha value is -2.55. The zero-order chi connectivity index (χ0) is 18.1. The fraction of sp³-hybridized carbons (Fsp3) is 0.235. The molecule has 2 heterocycles. The van der Waals surface area contributed by atoms with Crippen molar-refractivity contribution in [1.29, 1.82) is 0 Å². The van der Waals surface area contributed by atoms with Crippen LogP contribution < -0.4 is 10.1 Å². The number of aromatic nitrogens is 4. The Balaban J connectivity index is 1.62. The zero-order valence-electron chi connectivity index (χ0n) is 13.4. The first-order valence-electron chi connectivity index (χ1n) is 7.95. The van der Waals surface area contributed by atoms with Crippen LogP contribution >= 0.6 is 15.9 Å². The van der Waals surface area contributed by atoms with Crippen molar-refractivity contribution in [3.05, 3.63) is 64.1 Å². The van der Waals surface area contributed by atoms with Gasteiger partial charge in [0, 0.05) is 4.47 Å². The molecule has 26 heavy (non-hydrogen) atoms. The molecule has 0 aliphatic carbocycles. The fourth-order valence-electron chi connectivity index (χ4n) is 3.10. The van der Waals surface area contributed by atoms with E-state index in [1.165, 1.54) is 12.1 Å². The second kappa shape index (κ2) is 6.99. The van der Waals surface area contributed by atoms with Gasteiger partial charge in [0.15, 0.2) is 0 Å². The molecular weight excluding hydrogens is 408 g/mol. The van der Waals surface area contributed by atoms with Gasteiger partial charge in [-0.3, -0.25) is 0 Å². The lowest BCUT2D eigenvalue weighted by Gasteiger charge is -2.31. The highest BCUT2D eigenvalue weighted by molar-refractivity contribution is 9.10. The van der Waals surface area contributed by atoms with Crippen LogP contribution in [0.2, 0.25) is 0 Å². The van der Waals surface area contributed by atoms with Crippen LogP contribution in [0.15, 0.2) is 53.0 Å². The van der Waals surface area contributed by atoms with Crippen LogP contribution in [0, 0.1) is 0 Å².